The standard InChI is InChI=1S/C14H14N2O5/c1-8-5-16-12(6-15-8)14(18)20-7-10-4-11(9(2)21-10)13(17)19-3/h4-6H,7H2,1-3H3. The number of carbonyl (C=O) groups excluding carboxylic acids is 2. The van der Waals surface area contributed by atoms with Gasteiger partial charge in [0.05, 0.1) is 19.0 Å². The van der Waals surface area contributed by atoms with E-state index in [1.54, 1.807) is 13.8 Å². The van der Waals surface area contributed by atoms with Gasteiger partial charge in [-0.05, 0) is 19.9 Å². The van der Waals surface area contributed by atoms with E-state index >= 15 is 0 Å². The molecule has 0 saturated carbocycles. The molecule has 0 radical (unpaired) electrons. The molecule has 2 aromatic rings. The van der Waals surface area contributed by atoms with Crippen LogP contribution in [0.2, 0.25) is 0 Å². The average molecular weight is 290 g/mol. The van der Waals surface area contributed by atoms with Crippen molar-refractivity contribution < 1.29 is 23.5 Å². The van der Waals surface area contributed by atoms with Gasteiger partial charge in [0.2, 0.25) is 0 Å². The summed E-state index contributed by atoms with van der Waals surface area (Å²) in [4.78, 5) is 31.1. The second kappa shape index (κ2) is 6.17. The zero-order chi connectivity index (χ0) is 15.4. The number of aryl methyl sites for hydroxylation is 2. The summed E-state index contributed by atoms with van der Waals surface area (Å²) in [7, 11) is 1.28. The van der Waals surface area contributed by atoms with Crippen LogP contribution in [0.3, 0.4) is 0 Å². The van der Waals surface area contributed by atoms with Crippen LogP contribution in [0.25, 0.3) is 0 Å². The number of nitrogens with zero attached hydrogens (tertiary/aromatic N) is 2. The molecule has 7 heteroatoms. The normalized spacial score (nSPS) is 10.2. The second-order valence-corrected chi connectivity index (χ2v) is 4.29. The van der Waals surface area contributed by atoms with Crippen molar-refractivity contribution in [2.45, 2.75) is 20.5 Å². The van der Waals surface area contributed by atoms with Crippen LogP contribution >= 0.6 is 0 Å². The highest BCUT2D eigenvalue weighted by Gasteiger charge is 2.17. The predicted molar refractivity (Wildman–Crippen MR) is 70.7 cm³/mol. The van der Waals surface area contributed by atoms with Gasteiger partial charge in [0.15, 0.2) is 5.69 Å². The summed E-state index contributed by atoms with van der Waals surface area (Å²) < 4.78 is 15.0. The van der Waals surface area contributed by atoms with Crippen molar-refractivity contribution in [3.05, 3.63) is 46.9 Å². The van der Waals surface area contributed by atoms with Crippen LogP contribution in [0.5, 0.6) is 0 Å². The Morgan fingerprint density at radius 3 is 2.57 bits per heavy atom. The van der Waals surface area contributed by atoms with Crippen LogP contribution in [0.1, 0.15) is 38.1 Å². The number of esters is 2. The maximum atomic E-state index is 11.8. The van der Waals surface area contributed by atoms with Crippen molar-refractivity contribution in [1.29, 1.82) is 0 Å². The van der Waals surface area contributed by atoms with Crippen molar-refractivity contribution in [2.24, 2.45) is 0 Å². The van der Waals surface area contributed by atoms with Crippen LogP contribution in [-0.2, 0) is 16.1 Å². The molecule has 0 aliphatic heterocycles. The first-order chi connectivity index (χ1) is 10.0. The molecule has 2 aromatic heterocycles. The Balaban J connectivity index is 2.01. The minimum Gasteiger partial charge on any atom is -0.465 e. The number of hydrogen-bond donors (Lipinski definition) is 0. The van der Waals surface area contributed by atoms with E-state index in [0.717, 1.165) is 0 Å². The molecule has 110 valence electrons. The topological polar surface area (TPSA) is 91.5 Å². The van der Waals surface area contributed by atoms with E-state index in [-0.39, 0.29) is 12.3 Å². The molecule has 0 bridgehead atoms. The average Bonchev–Trinajstić information content (AvgIpc) is 2.86. The molecule has 0 spiro atoms. The quantitative estimate of drug-likeness (QED) is 0.793. The predicted octanol–water partition coefficient (Wildman–Crippen LogP) is 1.83. The Bertz CT molecular complexity index is 661. The van der Waals surface area contributed by atoms with Gasteiger partial charge in [0, 0.05) is 6.20 Å². The zero-order valence-corrected chi connectivity index (χ0v) is 11.9. The van der Waals surface area contributed by atoms with Crippen LogP contribution in [0.15, 0.2) is 22.9 Å². The maximum absolute atomic E-state index is 11.8. The fraction of sp³-hybridized carbons (Fsp3) is 0.286. The molecule has 0 aromatic carbocycles. The smallest absolute Gasteiger partial charge is 0.358 e. The van der Waals surface area contributed by atoms with E-state index in [1.807, 2.05) is 0 Å². The molecule has 7 nitrogen and oxygen atoms in total. The molecule has 0 aliphatic carbocycles. The number of carbonyl (C=O) groups is 2. The highest BCUT2D eigenvalue weighted by Crippen LogP contribution is 2.16. The molecule has 21 heavy (non-hydrogen) atoms. The van der Waals surface area contributed by atoms with Crippen molar-refractivity contribution in [2.75, 3.05) is 7.11 Å². The Kier molecular flexibility index (Phi) is 4.32. The first-order valence-corrected chi connectivity index (χ1v) is 6.14. The molecular formula is C14H14N2O5. The number of aromatic nitrogens is 2. The Labute approximate surface area is 120 Å². The van der Waals surface area contributed by atoms with Crippen molar-refractivity contribution in [1.82, 2.24) is 9.97 Å². The SMILES string of the molecule is COC(=O)c1cc(COC(=O)c2cnc(C)cn2)oc1C. The highest BCUT2D eigenvalue weighted by molar-refractivity contribution is 5.90. The number of hydrogen-bond acceptors (Lipinski definition) is 7. The third kappa shape index (κ3) is 3.44. The molecule has 2 rings (SSSR count). The summed E-state index contributed by atoms with van der Waals surface area (Å²) in [6.07, 6.45) is 2.81. The third-order valence-electron chi connectivity index (χ3n) is 2.71. The molecule has 0 unspecified atom stereocenters. The van der Waals surface area contributed by atoms with Gasteiger partial charge < -0.3 is 13.9 Å². The lowest BCUT2D eigenvalue weighted by atomic mass is 10.2. The Hall–Kier alpha value is -2.70. The Morgan fingerprint density at radius 2 is 1.95 bits per heavy atom. The lowest BCUT2D eigenvalue weighted by molar-refractivity contribution is 0.0436. The van der Waals surface area contributed by atoms with E-state index < -0.39 is 11.9 Å². The molecule has 2 heterocycles. The van der Waals surface area contributed by atoms with Crippen molar-refractivity contribution in [3.63, 3.8) is 0 Å². The minimum absolute atomic E-state index is 0.105. The Morgan fingerprint density at radius 1 is 1.19 bits per heavy atom. The van der Waals surface area contributed by atoms with Gasteiger partial charge in [0.25, 0.3) is 0 Å². The van der Waals surface area contributed by atoms with Gasteiger partial charge >= 0.3 is 11.9 Å². The molecular weight excluding hydrogens is 276 g/mol. The summed E-state index contributed by atoms with van der Waals surface area (Å²) in [5, 5.41) is 0. The molecule has 0 saturated heterocycles. The van der Waals surface area contributed by atoms with E-state index in [2.05, 4.69) is 14.7 Å². The summed E-state index contributed by atoms with van der Waals surface area (Å²) >= 11 is 0. The summed E-state index contributed by atoms with van der Waals surface area (Å²) in [5.74, 6) is -0.362. The van der Waals surface area contributed by atoms with E-state index in [4.69, 9.17) is 9.15 Å². The number of ether oxygens (including phenoxy) is 2. The monoisotopic (exact) mass is 290 g/mol. The van der Waals surface area contributed by atoms with Crippen LogP contribution in [0.4, 0.5) is 0 Å². The first kappa shape index (κ1) is 14.7. The van der Waals surface area contributed by atoms with Gasteiger partial charge in [-0.1, -0.05) is 0 Å². The number of methoxy groups -OCH3 is 1. The molecule has 0 amide bonds. The number of rotatable bonds is 4. The summed E-state index contributed by atoms with van der Waals surface area (Å²) in [5.41, 5.74) is 1.12. The molecule has 0 N–H and O–H groups in total. The van der Waals surface area contributed by atoms with Gasteiger partial charge in [-0.15, -0.1) is 0 Å². The largest absolute Gasteiger partial charge is 0.465 e. The first-order valence-electron chi connectivity index (χ1n) is 6.14. The molecule has 0 atom stereocenters. The summed E-state index contributed by atoms with van der Waals surface area (Å²) in [6.45, 7) is 3.29. The van der Waals surface area contributed by atoms with Gasteiger partial charge in [-0.2, -0.15) is 0 Å². The maximum Gasteiger partial charge on any atom is 0.358 e. The number of furan rings is 1. The highest BCUT2D eigenvalue weighted by atomic mass is 16.5. The van der Waals surface area contributed by atoms with Gasteiger partial charge in [-0.3, -0.25) is 4.98 Å². The van der Waals surface area contributed by atoms with Crippen LogP contribution in [0, 0.1) is 13.8 Å². The lowest BCUT2D eigenvalue weighted by Gasteiger charge is -2.01. The van der Waals surface area contributed by atoms with E-state index in [0.29, 0.717) is 22.8 Å². The third-order valence-corrected chi connectivity index (χ3v) is 2.71. The second-order valence-electron chi connectivity index (χ2n) is 4.29. The van der Waals surface area contributed by atoms with Crippen LogP contribution in [-0.4, -0.2) is 29.0 Å². The lowest BCUT2D eigenvalue weighted by Crippen LogP contribution is -2.08. The zero-order valence-electron chi connectivity index (χ0n) is 11.9. The van der Waals surface area contributed by atoms with Gasteiger partial charge in [0.1, 0.15) is 23.7 Å². The minimum atomic E-state index is -0.615. The fourth-order valence-corrected chi connectivity index (χ4v) is 1.64. The van der Waals surface area contributed by atoms with Gasteiger partial charge in [-0.25, -0.2) is 14.6 Å². The molecule has 0 fully saturated rings. The van der Waals surface area contributed by atoms with E-state index in [1.165, 1.54) is 25.6 Å². The summed E-state index contributed by atoms with van der Waals surface area (Å²) in [6, 6.07) is 1.48. The van der Waals surface area contributed by atoms with Crippen molar-refractivity contribution in [3.8, 4) is 0 Å². The van der Waals surface area contributed by atoms with Crippen molar-refractivity contribution >= 4 is 11.9 Å². The van der Waals surface area contributed by atoms with Crippen LogP contribution < -0.4 is 0 Å². The fourth-order valence-electron chi connectivity index (χ4n) is 1.64. The molecule has 0 aliphatic rings. The van der Waals surface area contributed by atoms with E-state index in [9.17, 15) is 9.59 Å².